The lowest BCUT2D eigenvalue weighted by Gasteiger charge is -2.11. The summed E-state index contributed by atoms with van der Waals surface area (Å²) in [4.78, 5) is 20.7. The Morgan fingerprint density at radius 3 is 2.26 bits per heavy atom. The van der Waals surface area contributed by atoms with Crippen LogP contribution in [0.5, 0.6) is 0 Å². The van der Waals surface area contributed by atoms with Crippen LogP contribution < -0.4 is 16.0 Å². The zero-order valence-electron chi connectivity index (χ0n) is 18.7. The number of carbonyl (C=O) groups is 1. The third-order valence-corrected chi connectivity index (χ3v) is 5.46. The summed E-state index contributed by atoms with van der Waals surface area (Å²) < 4.78 is 0. The fourth-order valence-electron chi connectivity index (χ4n) is 3.74. The summed E-state index contributed by atoms with van der Waals surface area (Å²) in [6.07, 6.45) is 1.73. The number of nitrogens with zero attached hydrogens (tertiary/aromatic N) is 2. The number of anilines is 5. The Morgan fingerprint density at radius 1 is 0.714 bits per heavy atom. The van der Waals surface area contributed by atoms with Gasteiger partial charge < -0.3 is 16.0 Å². The Labute approximate surface area is 203 Å². The summed E-state index contributed by atoms with van der Waals surface area (Å²) in [5.74, 6) is -0.190. The van der Waals surface area contributed by atoms with E-state index in [0.29, 0.717) is 16.9 Å². The van der Waals surface area contributed by atoms with E-state index in [1.165, 1.54) is 0 Å². The number of benzene rings is 4. The fraction of sp³-hybridized carbons (Fsp3) is 0. The van der Waals surface area contributed by atoms with Crippen molar-refractivity contribution in [2.75, 3.05) is 16.0 Å². The average Bonchev–Trinajstić information content (AvgIpc) is 2.90. The molecule has 0 saturated carbocycles. The van der Waals surface area contributed by atoms with E-state index in [0.717, 1.165) is 33.7 Å². The van der Waals surface area contributed by atoms with Crippen LogP contribution in [0.2, 0.25) is 0 Å². The number of hydrogen-bond donors (Lipinski definition) is 3. The third kappa shape index (κ3) is 5.10. The summed E-state index contributed by atoms with van der Waals surface area (Å²) in [5, 5.41) is 10.5. The number of aromatic nitrogens is 1. The van der Waals surface area contributed by atoms with Gasteiger partial charge in [-0.15, -0.1) is 0 Å². The van der Waals surface area contributed by atoms with Gasteiger partial charge in [0.15, 0.2) is 5.69 Å². The molecule has 0 aliphatic heterocycles. The molecule has 6 heteroatoms. The number of nitrogens with one attached hydrogen (secondary N) is 3. The highest BCUT2D eigenvalue weighted by molar-refractivity contribution is 6.04. The lowest BCUT2D eigenvalue weighted by Crippen LogP contribution is -2.11. The molecule has 5 rings (SSSR count). The topological polar surface area (TPSA) is 70.4 Å². The van der Waals surface area contributed by atoms with E-state index in [2.05, 4.69) is 25.8 Å². The molecular weight excluding hydrogens is 434 g/mol. The van der Waals surface area contributed by atoms with Gasteiger partial charge in [0, 0.05) is 45.6 Å². The smallest absolute Gasteiger partial charge is 0.255 e. The van der Waals surface area contributed by atoms with Crippen LogP contribution in [0.4, 0.5) is 34.1 Å². The first kappa shape index (κ1) is 21.7. The molecule has 0 spiro atoms. The number of hydrogen-bond acceptors (Lipinski definition) is 4. The summed E-state index contributed by atoms with van der Waals surface area (Å²) in [5.41, 5.74) is 6.16. The molecule has 0 aliphatic carbocycles. The second-order valence-electron chi connectivity index (χ2n) is 7.90. The molecule has 1 aromatic heterocycles. The molecule has 168 valence electrons. The highest BCUT2D eigenvalue weighted by Gasteiger charge is 2.08. The molecule has 0 unspecified atom stereocenters. The largest absolute Gasteiger partial charge is 0.355 e. The van der Waals surface area contributed by atoms with Gasteiger partial charge >= 0.3 is 0 Å². The minimum Gasteiger partial charge on any atom is -0.355 e. The monoisotopic (exact) mass is 455 g/mol. The minimum atomic E-state index is -0.190. The first-order valence-electron chi connectivity index (χ1n) is 11.0. The van der Waals surface area contributed by atoms with Crippen molar-refractivity contribution in [1.29, 1.82) is 0 Å². The predicted octanol–water partition coefficient (Wildman–Crippen LogP) is 7.53. The maximum absolute atomic E-state index is 12.8. The summed E-state index contributed by atoms with van der Waals surface area (Å²) >= 11 is 0. The highest BCUT2D eigenvalue weighted by atomic mass is 16.1. The molecule has 0 aliphatic rings. The molecule has 3 N–H and O–H groups in total. The fourth-order valence-corrected chi connectivity index (χ4v) is 3.74. The van der Waals surface area contributed by atoms with Crippen molar-refractivity contribution in [3.8, 4) is 0 Å². The van der Waals surface area contributed by atoms with Gasteiger partial charge in [-0.3, -0.25) is 9.78 Å². The van der Waals surface area contributed by atoms with Gasteiger partial charge in [-0.1, -0.05) is 30.3 Å². The molecule has 4 aromatic carbocycles. The minimum absolute atomic E-state index is 0.190. The lowest BCUT2D eigenvalue weighted by atomic mass is 10.1. The van der Waals surface area contributed by atoms with Crippen molar-refractivity contribution in [2.45, 2.75) is 0 Å². The lowest BCUT2D eigenvalue weighted by molar-refractivity contribution is 0.102. The third-order valence-electron chi connectivity index (χ3n) is 5.46. The van der Waals surface area contributed by atoms with E-state index >= 15 is 0 Å². The van der Waals surface area contributed by atoms with Crippen LogP contribution in [0.15, 0.2) is 109 Å². The predicted molar refractivity (Wildman–Crippen MR) is 142 cm³/mol. The average molecular weight is 456 g/mol. The van der Waals surface area contributed by atoms with Gasteiger partial charge in [-0.25, -0.2) is 4.85 Å². The normalized spacial score (nSPS) is 10.4. The molecule has 0 radical (unpaired) electrons. The Bertz CT molecular complexity index is 1540. The Balaban J connectivity index is 1.28. The van der Waals surface area contributed by atoms with Gasteiger partial charge in [-0.2, -0.15) is 0 Å². The number of fused-ring (bicyclic) bond motifs is 1. The van der Waals surface area contributed by atoms with Crippen LogP contribution in [-0.2, 0) is 0 Å². The van der Waals surface area contributed by atoms with Crippen LogP contribution in [0.1, 0.15) is 10.4 Å². The molecule has 35 heavy (non-hydrogen) atoms. The van der Waals surface area contributed by atoms with Crippen molar-refractivity contribution in [2.24, 2.45) is 0 Å². The van der Waals surface area contributed by atoms with Gasteiger partial charge in [0.05, 0.1) is 12.1 Å². The highest BCUT2D eigenvalue weighted by Crippen LogP contribution is 2.29. The molecule has 0 bridgehead atoms. The number of carbonyl (C=O) groups excluding carboxylic acids is 1. The maximum Gasteiger partial charge on any atom is 0.255 e. The second kappa shape index (κ2) is 9.77. The molecule has 0 atom stereocenters. The Morgan fingerprint density at radius 2 is 1.46 bits per heavy atom. The van der Waals surface area contributed by atoms with E-state index in [4.69, 9.17) is 6.57 Å². The van der Waals surface area contributed by atoms with Crippen LogP contribution >= 0.6 is 0 Å². The number of pyridine rings is 1. The number of rotatable bonds is 6. The van der Waals surface area contributed by atoms with Crippen molar-refractivity contribution in [3.63, 3.8) is 0 Å². The van der Waals surface area contributed by atoms with Crippen LogP contribution in [-0.4, -0.2) is 10.9 Å². The van der Waals surface area contributed by atoms with Crippen molar-refractivity contribution >= 4 is 50.9 Å². The quantitative estimate of drug-likeness (QED) is 0.232. The molecule has 0 saturated heterocycles. The van der Waals surface area contributed by atoms with E-state index in [-0.39, 0.29) is 5.91 Å². The van der Waals surface area contributed by atoms with Crippen LogP contribution in [0.3, 0.4) is 0 Å². The second-order valence-corrected chi connectivity index (χ2v) is 7.90. The Hall–Kier alpha value is -5.15. The van der Waals surface area contributed by atoms with Gasteiger partial charge in [-0.05, 0) is 72.8 Å². The molecule has 1 heterocycles. The van der Waals surface area contributed by atoms with Gasteiger partial charge in [0.2, 0.25) is 0 Å². The molecule has 0 fully saturated rings. The SMILES string of the molecule is [C-]#[N+]c1ccc2nccc(Nc3ccc(C(=O)Nc4cccc(Nc5ccccc5)c4)cc3)c2c1. The Kier molecular flexibility index (Phi) is 6.05. The maximum atomic E-state index is 12.8. The van der Waals surface area contributed by atoms with E-state index < -0.39 is 0 Å². The molecule has 5 aromatic rings. The van der Waals surface area contributed by atoms with Gasteiger partial charge in [0.1, 0.15) is 0 Å². The molecular formula is C29H21N5O. The zero-order valence-corrected chi connectivity index (χ0v) is 18.7. The van der Waals surface area contributed by atoms with E-state index in [9.17, 15) is 4.79 Å². The first-order chi connectivity index (χ1) is 17.2. The van der Waals surface area contributed by atoms with Crippen molar-refractivity contribution < 1.29 is 4.79 Å². The van der Waals surface area contributed by atoms with E-state index in [1.807, 2.05) is 84.9 Å². The molecule has 1 amide bonds. The van der Waals surface area contributed by atoms with Crippen molar-refractivity contribution in [3.05, 3.63) is 126 Å². The van der Waals surface area contributed by atoms with Crippen LogP contribution in [0.25, 0.3) is 15.7 Å². The number of amides is 1. The molecule has 6 nitrogen and oxygen atoms in total. The number of para-hydroxylation sites is 1. The standard InChI is InChI=1S/C29H21N5O/c1-30-23-14-15-27-26(19-23)28(16-17-31-27)33-22-12-10-20(11-13-22)29(35)34-25-9-5-8-24(18-25)32-21-6-3-2-4-7-21/h2-19,32H,(H,31,33)(H,34,35). The summed E-state index contributed by atoms with van der Waals surface area (Å²) in [6, 6.07) is 32.0. The van der Waals surface area contributed by atoms with E-state index in [1.54, 1.807) is 24.4 Å². The van der Waals surface area contributed by atoms with Gasteiger partial charge in [0.25, 0.3) is 5.91 Å². The van der Waals surface area contributed by atoms with Crippen molar-refractivity contribution in [1.82, 2.24) is 4.98 Å². The van der Waals surface area contributed by atoms with Crippen LogP contribution in [0, 0.1) is 6.57 Å². The zero-order chi connectivity index (χ0) is 24.0. The summed E-state index contributed by atoms with van der Waals surface area (Å²) in [7, 11) is 0. The summed E-state index contributed by atoms with van der Waals surface area (Å²) in [6.45, 7) is 7.26. The first-order valence-corrected chi connectivity index (χ1v) is 11.0.